The summed E-state index contributed by atoms with van der Waals surface area (Å²) in [4.78, 5) is 18.8. The van der Waals surface area contributed by atoms with E-state index in [0.29, 0.717) is 26.2 Å². The fraction of sp³-hybridized carbons (Fsp3) is 0.263. The summed E-state index contributed by atoms with van der Waals surface area (Å²) in [5.41, 5.74) is 2.95. The Morgan fingerprint density at radius 2 is 2.04 bits per heavy atom. The Kier molecular flexibility index (Phi) is 4.90. The molecule has 4 rings (SSSR count). The van der Waals surface area contributed by atoms with Crippen LogP contribution in [0.2, 0.25) is 0 Å². The van der Waals surface area contributed by atoms with Crippen LogP contribution in [0.15, 0.2) is 40.4 Å². The maximum Gasteiger partial charge on any atom is 0.228 e. The van der Waals surface area contributed by atoms with Gasteiger partial charge >= 0.3 is 0 Å². The maximum atomic E-state index is 12.5. The minimum atomic E-state index is 0.0436. The molecule has 0 fully saturated rings. The first-order valence-electron chi connectivity index (χ1n) is 8.28. The average Bonchev–Trinajstić information content (AvgIpc) is 3.33. The van der Waals surface area contributed by atoms with E-state index in [2.05, 4.69) is 10.4 Å². The Morgan fingerprint density at radius 3 is 2.85 bits per heavy atom. The predicted octanol–water partition coefficient (Wildman–Crippen LogP) is 3.84. The summed E-state index contributed by atoms with van der Waals surface area (Å²) in [7, 11) is 1.81. The molecule has 0 atom stereocenters. The lowest BCUT2D eigenvalue weighted by atomic mass is 10.1. The van der Waals surface area contributed by atoms with Gasteiger partial charge in [0, 0.05) is 29.9 Å². The number of carbonyl (C=O) groups excluding carboxylic acids is 1. The normalized spacial score (nSPS) is 12.8. The van der Waals surface area contributed by atoms with Gasteiger partial charge in [-0.25, -0.2) is 4.98 Å². The Labute approximate surface area is 159 Å². The summed E-state index contributed by atoms with van der Waals surface area (Å²) in [5, 5.41) is 7.02. The number of benzene rings is 1. The zero-order valence-electron chi connectivity index (χ0n) is 14.3. The van der Waals surface area contributed by atoms with E-state index >= 15 is 0 Å². The summed E-state index contributed by atoms with van der Waals surface area (Å²) < 4.78 is 11.1. The molecule has 0 N–H and O–H groups in total. The van der Waals surface area contributed by atoms with Gasteiger partial charge in [-0.05, 0) is 29.1 Å². The summed E-state index contributed by atoms with van der Waals surface area (Å²) in [5.74, 6) is 1.55. The first kappa shape index (κ1) is 17.1. The SMILES string of the molecule is CN(Cc1ccc2c(c1)OCCO2)C(=O)Cc1csc(-c2ccsc2)n1. The van der Waals surface area contributed by atoms with Gasteiger partial charge in [-0.15, -0.1) is 11.3 Å². The highest BCUT2D eigenvalue weighted by atomic mass is 32.1. The van der Waals surface area contributed by atoms with Gasteiger partial charge in [-0.3, -0.25) is 4.79 Å². The lowest BCUT2D eigenvalue weighted by Gasteiger charge is -2.21. The van der Waals surface area contributed by atoms with Crippen LogP contribution in [0.5, 0.6) is 11.5 Å². The second-order valence-corrected chi connectivity index (χ2v) is 7.70. The largest absolute Gasteiger partial charge is 0.486 e. The molecule has 1 amide bonds. The molecule has 1 aromatic carbocycles. The number of fused-ring (bicyclic) bond motifs is 1. The molecule has 0 saturated heterocycles. The first-order chi connectivity index (χ1) is 12.7. The van der Waals surface area contributed by atoms with Crippen molar-refractivity contribution < 1.29 is 14.3 Å². The summed E-state index contributed by atoms with van der Waals surface area (Å²) >= 11 is 3.22. The minimum absolute atomic E-state index is 0.0436. The van der Waals surface area contributed by atoms with Gasteiger partial charge in [0.25, 0.3) is 0 Å². The number of ether oxygens (including phenoxy) is 2. The second-order valence-electron chi connectivity index (χ2n) is 6.06. The van der Waals surface area contributed by atoms with E-state index in [1.165, 1.54) is 0 Å². The number of amides is 1. The van der Waals surface area contributed by atoms with Crippen LogP contribution < -0.4 is 9.47 Å². The quantitative estimate of drug-likeness (QED) is 0.668. The lowest BCUT2D eigenvalue weighted by molar-refractivity contribution is -0.129. The number of nitrogens with zero attached hydrogens (tertiary/aromatic N) is 2. The molecule has 0 spiro atoms. The summed E-state index contributed by atoms with van der Waals surface area (Å²) in [6.07, 6.45) is 0.307. The van der Waals surface area contributed by atoms with Gasteiger partial charge in [0.2, 0.25) is 5.91 Å². The number of hydrogen-bond donors (Lipinski definition) is 0. The maximum absolute atomic E-state index is 12.5. The third-order valence-corrected chi connectivity index (χ3v) is 5.73. The zero-order chi connectivity index (χ0) is 17.9. The second kappa shape index (κ2) is 7.47. The number of hydrogen-bond acceptors (Lipinski definition) is 6. The third-order valence-electron chi connectivity index (χ3n) is 4.10. The van der Waals surface area contributed by atoms with Gasteiger partial charge in [0.1, 0.15) is 18.2 Å². The fourth-order valence-corrected chi connectivity index (χ4v) is 4.28. The number of rotatable bonds is 5. The molecule has 26 heavy (non-hydrogen) atoms. The van der Waals surface area contributed by atoms with Crippen molar-refractivity contribution in [1.82, 2.24) is 9.88 Å². The molecule has 3 heterocycles. The van der Waals surface area contributed by atoms with Crippen LogP contribution in [0, 0.1) is 0 Å². The molecule has 3 aromatic rings. The van der Waals surface area contributed by atoms with Crippen molar-refractivity contribution in [1.29, 1.82) is 0 Å². The van der Waals surface area contributed by atoms with Crippen molar-refractivity contribution in [2.24, 2.45) is 0 Å². The molecule has 0 bridgehead atoms. The van der Waals surface area contributed by atoms with Crippen LogP contribution in [0.4, 0.5) is 0 Å². The highest BCUT2D eigenvalue weighted by Crippen LogP contribution is 2.31. The third kappa shape index (κ3) is 3.73. The molecule has 0 unspecified atom stereocenters. The summed E-state index contributed by atoms with van der Waals surface area (Å²) in [6.45, 7) is 1.66. The van der Waals surface area contributed by atoms with E-state index in [1.807, 2.05) is 42.1 Å². The first-order valence-corrected chi connectivity index (χ1v) is 10.1. The van der Waals surface area contributed by atoms with Gasteiger partial charge in [0.05, 0.1) is 12.1 Å². The topological polar surface area (TPSA) is 51.7 Å². The molecule has 2 aromatic heterocycles. The molecule has 0 saturated carbocycles. The number of aromatic nitrogens is 1. The van der Waals surface area contributed by atoms with Crippen molar-refractivity contribution in [3.8, 4) is 22.1 Å². The molecule has 0 aliphatic carbocycles. The van der Waals surface area contributed by atoms with E-state index in [-0.39, 0.29) is 5.91 Å². The van der Waals surface area contributed by atoms with E-state index in [4.69, 9.17) is 9.47 Å². The molecular weight excluding hydrogens is 368 g/mol. The lowest BCUT2D eigenvalue weighted by Crippen LogP contribution is -2.28. The van der Waals surface area contributed by atoms with Crippen molar-refractivity contribution >= 4 is 28.6 Å². The molecular formula is C19H18N2O3S2. The van der Waals surface area contributed by atoms with Gasteiger partial charge < -0.3 is 14.4 Å². The minimum Gasteiger partial charge on any atom is -0.486 e. The van der Waals surface area contributed by atoms with E-state index in [0.717, 1.165) is 33.3 Å². The highest BCUT2D eigenvalue weighted by Gasteiger charge is 2.16. The van der Waals surface area contributed by atoms with E-state index < -0.39 is 0 Å². The molecule has 5 nitrogen and oxygen atoms in total. The van der Waals surface area contributed by atoms with Crippen LogP contribution >= 0.6 is 22.7 Å². The highest BCUT2D eigenvalue weighted by molar-refractivity contribution is 7.14. The average molecular weight is 386 g/mol. The van der Waals surface area contributed by atoms with Crippen molar-refractivity contribution in [2.75, 3.05) is 20.3 Å². The number of thiophene rings is 1. The monoisotopic (exact) mass is 386 g/mol. The van der Waals surface area contributed by atoms with Gasteiger partial charge in [-0.2, -0.15) is 11.3 Å². The van der Waals surface area contributed by atoms with Crippen LogP contribution in [0.3, 0.4) is 0 Å². The van der Waals surface area contributed by atoms with Gasteiger partial charge in [-0.1, -0.05) is 6.07 Å². The summed E-state index contributed by atoms with van der Waals surface area (Å²) in [6, 6.07) is 7.85. The standard InChI is InChI=1S/C19H18N2O3S2/c1-21(10-13-2-3-16-17(8-13)24-6-5-23-16)18(22)9-15-12-26-19(20-15)14-4-7-25-11-14/h2-4,7-8,11-12H,5-6,9-10H2,1H3. The molecule has 7 heteroatoms. The van der Waals surface area contributed by atoms with E-state index in [1.54, 1.807) is 27.6 Å². The predicted molar refractivity (Wildman–Crippen MR) is 103 cm³/mol. The van der Waals surface area contributed by atoms with Gasteiger partial charge in [0.15, 0.2) is 11.5 Å². The Bertz CT molecular complexity index is 905. The van der Waals surface area contributed by atoms with Crippen molar-refractivity contribution in [3.05, 3.63) is 51.7 Å². The van der Waals surface area contributed by atoms with E-state index in [9.17, 15) is 4.79 Å². The van der Waals surface area contributed by atoms with Crippen molar-refractivity contribution in [3.63, 3.8) is 0 Å². The molecule has 1 aliphatic heterocycles. The smallest absolute Gasteiger partial charge is 0.228 e. The number of thiazole rings is 1. The molecule has 0 radical (unpaired) electrons. The number of carbonyl (C=O) groups is 1. The van der Waals surface area contributed by atoms with Crippen LogP contribution in [-0.4, -0.2) is 36.1 Å². The molecule has 134 valence electrons. The van der Waals surface area contributed by atoms with Crippen molar-refractivity contribution in [2.45, 2.75) is 13.0 Å². The Morgan fingerprint density at radius 1 is 1.19 bits per heavy atom. The van der Waals surface area contributed by atoms with Crippen LogP contribution in [-0.2, 0) is 17.8 Å². The zero-order valence-corrected chi connectivity index (χ0v) is 15.9. The Balaban J connectivity index is 1.39. The number of likely N-dealkylation sites (N-methyl/N-ethyl adjacent to an activating group) is 1. The fourth-order valence-electron chi connectivity index (χ4n) is 2.74. The Hall–Kier alpha value is -2.38. The van der Waals surface area contributed by atoms with Crippen LogP contribution in [0.25, 0.3) is 10.6 Å². The van der Waals surface area contributed by atoms with Crippen LogP contribution in [0.1, 0.15) is 11.3 Å². The molecule has 1 aliphatic rings.